The van der Waals surface area contributed by atoms with Gasteiger partial charge in [0.25, 0.3) is 17.7 Å². The molecule has 1 aromatic heterocycles. The molecule has 2 aliphatic rings. The maximum Gasteiger partial charge on any atom is 0.446 e. The van der Waals surface area contributed by atoms with Crippen LogP contribution in [0.3, 0.4) is 0 Å². The Balaban J connectivity index is 1.47. The Labute approximate surface area is 217 Å². The van der Waals surface area contributed by atoms with Gasteiger partial charge in [-0.3, -0.25) is 18.9 Å². The van der Waals surface area contributed by atoms with Crippen LogP contribution < -0.4 is 19.7 Å². The number of benzene rings is 2. The number of carbonyl (C=O) groups is 3. The number of piperidine rings is 1. The fourth-order valence-corrected chi connectivity index (χ4v) is 5.03. The summed E-state index contributed by atoms with van der Waals surface area (Å²) >= 11 is 0. The molecule has 0 bridgehead atoms. The number of anilines is 2. The van der Waals surface area contributed by atoms with E-state index in [1.54, 1.807) is 24.3 Å². The molecule has 198 valence electrons. The first-order chi connectivity index (χ1) is 18.0. The fourth-order valence-electron chi connectivity index (χ4n) is 4.68. The molecular formula is C24H23N5O8S. The molecule has 2 aliphatic heterocycles. The second-order valence-electron chi connectivity index (χ2n) is 8.83. The molecule has 14 heteroatoms. The smallest absolute Gasteiger partial charge is 0.383 e. The standard InChI is InChI=1S/C24H23N5O8S/c25-22(31)20-18-11-13-28(15-5-3-14(4-6-15)27-12-1-2-19(30)23(27)32)24(33)21(18)29(26-20)16-7-9-17(10-8-16)37-38(34,35)36/h3-10,19,30H,1-2,11-13H2,(H2,25,31)(H,34,35,36). The van der Waals surface area contributed by atoms with Crippen LogP contribution in [0.2, 0.25) is 0 Å². The summed E-state index contributed by atoms with van der Waals surface area (Å²) < 4.78 is 36.5. The number of aliphatic hydroxyl groups excluding tert-OH is 1. The number of aromatic nitrogens is 2. The van der Waals surface area contributed by atoms with Crippen LogP contribution >= 0.6 is 0 Å². The third kappa shape index (κ3) is 4.71. The number of carbonyl (C=O) groups excluding carboxylic acids is 3. The molecule has 3 heterocycles. The van der Waals surface area contributed by atoms with E-state index in [2.05, 4.69) is 9.28 Å². The summed E-state index contributed by atoms with van der Waals surface area (Å²) in [4.78, 5) is 41.1. The number of aliphatic hydroxyl groups is 1. The van der Waals surface area contributed by atoms with Gasteiger partial charge in [0.1, 0.15) is 17.5 Å². The van der Waals surface area contributed by atoms with Crippen LogP contribution in [0.1, 0.15) is 39.4 Å². The Morgan fingerprint density at radius 2 is 1.58 bits per heavy atom. The SMILES string of the molecule is NC(=O)c1nn(-c2ccc(OS(=O)(=O)O)cc2)c2c1CCN(c1ccc(N3CCCC(O)C3=O)cc1)C2=O. The minimum Gasteiger partial charge on any atom is -0.383 e. The van der Waals surface area contributed by atoms with E-state index in [-0.39, 0.29) is 29.6 Å². The molecule has 0 aliphatic carbocycles. The highest BCUT2D eigenvalue weighted by molar-refractivity contribution is 7.81. The second kappa shape index (κ2) is 9.55. The second-order valence-corrected chi connectivity index (χ2v) is 9.85. The zero-order valence-electron chi connectivity index (χ0n) is 19.9. The van der Waals surface area contributed by atoms with Crippen molar-refractivity contribution in [2.45, 2.75) is 25.4 Å². The average Bonchev–Trinajstić information content (AvgIpc) is 3.27. The number of hydrogen-bond acceptors (Lipinski definition) is 8. The summed E-state index contributed by atoms with van der Waals surface area (Å²) in [5, 5.41) is 14.1. The lowest BCUT2D eigenvalue weighted by atomic mass is 10.0. The van der Waals surface area contributed by atoms with Gasteiger partial charge in [0.2, 0.25) is 0 Å². The van der Waals surface area contributed by atoms with Gasteiger partial charge in [-0.25, -0.2) is 4.68 Å². The molecule has 1 unspecified atom stereocenters. The molecule has 1 fully saturated rings. The van der Waals surface area contributed by atoms with E-state index >= 15 is 0 Å². The highest BCUT2D eigenvalue weighted by Gasteiger charge is 2.35. The number of nitrogens with two attached hydrogens (primary N) is 1. The zero-order valence-corrected chi connectivity index (χ0v) is 20.7. The van der Waals surface area contributed by atoms with E-state index in [0.717, 1.165) is 0 Å². The minimum atomic E-state index is -4.72. The van der Waals surface area contributed by atoms with E-state index in [0.29, 0.717) is 48.4 Å². The third-order valence-corrected chi connectivity index (χ3v) is 6.82. The molecule has 4 N–H and O–H groups in total. The van der Waals surface area contributed by atoms with Crippen LogP contribution in [0.5, 0.6) is 5.75 Å². The molecule has 2 aromatic carbocycles. The van der Waals surface area contributed by atoms with Gasteiger partial charge in [0, 0.05) is 30.0 Å². The van der Waals surface area contributed by atoms with Crippen molar-refractivity contribution in [3.63, 3.8) is 0 Å². The lowest BCUT2D eigenvalue weighted by molar-refractivity contribution is -0.128. The predicted molar refractivity (Wildman–Crippen MR) is 134 cm³/mol. The molecule has 3 amide bonds. The summed E-state index contributed by atoms with van der Waals surface area (Å²) in [5.41, 5.74) is 7.46. The van der Waals surface area contributed by atoms with Crippen molar-refractivity contribution < 1.29 is 36.6 Å². The maximum absolute atomic E-state index is 13.7. The van der Waals surface area contributed by atoms with Crippen molar-refractivity contribution in [3.8, 4) is 11.4 Å². The van der Waals surface area contributed by atoms with Crippen molar-refractivity contribution in [1.29, 1.82) is 0 Å². The van der Waals surface area contributed by atoms with Gasteiger partial charge >= 0.3 is 10.4 Å². The molecule has 3 aromatic rings. The number of nitrogens with zero attached hydrogens (tertiary/aromatic N) is 4. The summed E-state index contributed by atoms with van der Waals surface area (Å²) in [5.74, 6) is -1.77. The molecule has 0 spiro atoms. The minimum absolute atomic E-state index is 0.0521. The Morgan fingerprint density at radius 3 is 2.18 bits per heavy atom. The largest absolute Gasteiger partial charge is 0.446 e. The monoisotopic (exact) mass is 541 g/mol. The van der Waals surface area contributed by atoms with Crippen molar-refractivity contribution in [3.05, 3.63) is 65.5 Å². The molecule has 38 heavy (non-hydrogen) atoms. The summed E-state index contributed by atoms with van der Waals surface area (Å²) in [7, 11) is -4.72. The molecule has 1 atom stereocenters. The van der Waals surface area contributed by atoms with Gasteiger partial charge in [-0.1, -0.05) is 0 Å². The van der Waals surface area contributed by atoms with Gasteiger partial charge in [-0.2, -0.15) is 13.5 Å². The van der Waals surface area contributed by atoms with Crippen molar-refractivity contribution in [2.24, 2.45) is 5.73 Å². The highest BCUT2D eigenvalue weighted by atomic mass is 32.3. The number of primary amides is 1. The Kier molecular flexibility index (Phi) is 6.38. The van der Waals surface area contributed by atoms with Gasteiger partial charge in [0.15, 0.2) is 5.69 Å². The Hall–Kier alpha value is -4.27. The Morgan fingerprint density at radius 1 is 0.974 bits per heavy atom. The normalized spacial score (nSPS) is 17.9. The molecule has 1 saturated heterocycles. The maximum atomic E-state index is 13.7. The fraction of sp³-hybridized carbons (Fsp3) is 0.250. The van der Waals surface area contributed by atoms with Crippen LogP contribution in [0.4, 0.5) is 11.4 Å². The van der Waals surface area contributed by atoms with Crippen LogP contribution in [0.25, 0.3) is 5.69 Å². The average molecular weight is 542 g/mol. The van der Waals surface area contributed by atoms with Crippen molar-refractivity contribution >= 4 is 39.5 Å². The number of fused-ring (bicyclic) bond motifs is 1. The summed E-state index contributed by atoms with van der Waals surface area (Å²) in [6.45, 7) is 0.740. The van der Waals surface area contributed by atoms with E-state index < -0.39 is 28.3 Å². The topological polar surface area (TPSA) is 185 Å². The van der Waals surface area contributed by atoms with E-state index in [4.69, 9.17) is 10.3 Å². The van der Waals surface area contributed by atoms with Crippen molar-refractivity contribution in [1.82, 2.24) is 9.78 Å². The quantitative estimate of drug-likeness (QED) is 0.380. The first-order valence-corrected chi connectivity index (χ1v) is 13.0. The lowest BCUT2D eigenvalue weighted by Crippen LogP contribution is -2.44. The molecule has 5 rings (SSSR count). The van der Waals surface area contributed by atoms with Crippen LogP contribution in [-0.4, -0.2) is 64.8 Å². The van der Waals surface area contributed by atoms with Gasteiger partial charge in [-0.05, 0) is 67.8 Å². The van der Waals surface area contributed by atoms with E-state index in [1.807, 2.05) is 0 Å². The summed E-state index contributed by atoms with van der Waals surface area (Å²) in [6.07, 6.45) is 0.368. The molecule has 0 radical (unpaired) electrons. The van der Waals surface area contributed by atoms with Crippen LogP contribution in [0, 0.1) is 0 Å². The Bertz CT molecular complexity index is 1530. The van der Waals surface area contributed by atoms with Crippen molar-refractivity contribution in [2.75, 3.05) is 22.9 Å². The molecule has 0 saturated carbocycles. The van der Waals surface area contributed by atoms with Gasteiger partial charge in [-0.15, -0.1) is 0 Å². The third-order valence-electron chi connectivity index (χ3n) is 6.42. The summed E-state index contributed by atoms with van der Waals surface area (Å²) in [6, 6.07) is 12.1. The number of rotatable bonds is 6. The first kappa shape index (κ1) is 25.4. The zero-order chi connectivity index (χ0) is 27.2. The highest BCUT2D eigenvalue weighted by Crippen LogP contribution is 2.31. The van der Waals surface area contributed by atoms with Crippen LogP contribution in [-0.2, 0) is 21.6 Å². The van der Waals surface area contributed by atoms with Crippen LogP contribution in [0.15, 0.2) is 48.5 Å². The number of amides is 3. The molecule has 13 nitrogen and oxygen atoms in total. The van der Waals surface area contributed by atoms with E-state index in [9.17, 15) is 27.9 Å². The lowest BCUT2D eigenvalue weighted by Gasteiger charge is -2.31. The molecular weight excluding hydrogens is 518 g/mol. The van der Waals surface area contributed by atoms with E-state index in [1.165, 1.54) is 38.7 Å². The predicted octanol–water partition coefficient (Wildman–Crippen LogP) is 0.843. The number of hydrogen-bond donors (Lipinski definition) is 3. The van der Waals surface area contributed by atoms with Gasteiger partial charge in [0.05, 0.1) is 5.69 Å². The first-order valence-electron chi connectivity index (χ1n) is 11.6. The van der Waals surface area contributed by atoms with Gasteiger partial charge < -0.3 is 24.8 Å².